The maximum Gasteiger partial charge on any atom is 0.182 e. The fourth-order valence-electron chi connectivity index (χ4n) is 3.42. The van der Waals surface area contributed by atoms with Crippen molar-refractivity contribution in [2.45, 2.75) is 52.0 Å². The Morgan fingerprint density at radius 2 is 1.95 bits per heavy atom. The zero-order valence-electron chi connectivity index (χ0n) is 12.8. The van der Waals surface area contributed by atoms with E-state index >= 15 is 0 Å². The molecule has 2 N–H and O–H groups in total. The van der Waals surface area contributed by atoms with E-state index in [1.165, 1.54) is 32.1 Å². The highest BCUT2D eigenvalue weighted by molar-refractivity contribution is 5.62. The Morgan fingerprint density at radius 3 is 2.67 bits per heavy atom. The molecular weight excluding hydrogens is 262 g/mol. The van der Waals surface area contributed by atoms with E-state index in [2.05, 4.69) is 28.5 Å². The van der Waals surface area contributed by atoms with Crippen LogP contribution in [-0.4, -0.2) is 20.2 Å². The van der Waals surface area contributed by atoms with E-state index in [4.69, 9.17) is 5.73 Å². The van der Waals surface area contributed by atoms with Gasteiger partial charge in [-0.2, -0.15) is 0 Å². The molecular formula is C16H23N5. The lowest BCUT2D eigenvalue weighted by atomic mass is 9.84. The van der Waals surface area contributed by atoms with Crippen LogP contribution in [0.1, 0.15) is 50.6 Å². The minimum Gasteiger partial charge on any atom is -0.399 e. The highest BCUT2D eigenvalue weighted by atomic mass is 15.5. The molecule has 5 heteroatoms. The van der Waals surface area contributed by atoms with Crippen LogP contribution >= 0.6 is 0 Å². The standard InChI is InChI=1S/C16H23N5/c1-11-8-14(10-15(17)9-11)16-18-19-20-21(16)12(2)13-6-4-3-5-7-13/h8-10,12-13H,3-7,17H2,1-2H3. The van der Waals surface area contributed by atoms with Gasteiger partial charge in [0.15, 0.2) is 5.82 Å². The first kappa shape index (κ1) is 14.0. The van der Waals surface area contributed by atoms with Crippen LogP contribution in [0.25, 0.3) is 11.4 Å². The summed E-state index contributed by atoms with van der Waals surface area (Å²) in [5.41, 5.74) is 8.84. The van der Waals surface area contributed by atoms with Crippen LogP contribution in [0.2, 0.25) is 0 Å². The van der Waals surface area contributed by atoms with Gasteiger partial charge in [0.05, 0.1) is 6.04 Å². The van der Waals surface area contributed by atoms with Crippen molar-refractivity contribution in [3.8, 4) is 11.4 Å². The van der Waals surface area contributed by atoms with Crippen LogP contribution in [0.3, 0.4) is 0 Å². The zero-order valence-corrected chi connectivity index (χ0v) is 12.8. The average Bonchev–Trinajstić information content (AvgIpc) is 2.96. The van der Waals surface area contributed by atoms with Crippen molar-refractivity contribution in [3.63, 3.8) is 0 Å². The molecule has 1 atom stereocenters. The second kappa shape index (κ2) is 5.84. The van der Waals surface area contributed by atoms with Crippen molar-refractivity contribution in [2.75, 3.05) is 5.73 Å². The first-order chi connectivity index (χ1) is 10.1. The van der Waals surface area contributed by atoms with Crippen LogP contribution in [0.15, 0.2) is 18.2 Å². The Bertz CT molecular complexity index is 593. The van der Waals surface area contributed by atoms with Crippen molar-refractivity contribution in [2.24, 2.45) is 5.92 Å². The van der Waals surface area contributed by atoms with E-state index in [1.807, 2.05) is 23.7 Å². The van der Waals surface area contributed by atoms with Gasteiger partial charge in [-0.3, -0.25) is 0 Å². The van der Waals surface area contributed by atoms with Crippen LogP contribution in [-0.2, 0) is 0 Å². The van der Waals surface area contributed by atoms with Gasteiger partial charge in [0, 0.05) is 11.3 Å². The minimum absolute atomic E-state index is 0.331. The highest BCUT2D eigenvalue weighted by Gasteiger charge is 2.25. The molecule has 0 radical (unpaired) electrons. The van der Waals surface area contributed by atoms with Gasteiger partial charge in [-0.25, -0.2) is 4.68 Å². The number of aryl methyl sites for hydroxylation is 1. The number of hydrogen-bond donors (Lipinski definition) is 1. The van der Waals surface area contributed by atoms with E-state index in [9.17, 15) is 0 Å². The van der Waals surface area contributed by atoms with Crippen molar-refractivity contribution < 1.29 is 0 Å². The van der Waals surface area contributed by atoms with E-state index in [1.54, 1.807) is 0 Å². The number of anilines is 1. The second-order valence-electron chi connectivity index (χ2n) is 6.22. The predicted octanol–water partition coefficient (Wildman–Crippen LogP) is 3.37. The molecule has 1 aliphatic rings. The maximum atomic E-state index is 5.96. The molecule has 21 heavy (non-hydrogen) atoms. The number of benzene rings is 1. The van der Waals surface area contributed by atoms with Crippen LogP contribution < -0.4 is 5.73 Å². The largest absolute Gasteiger partial charge is 0.399 e. The lowest BCUT2D eigenvalue weighted by Gasteiger charge is -2.27. The molecule has 1 aromatic heterocycles. The van der Waals surface area contributed by atoms with E-state index < -0.39 is 0 Å². The van der Waals surface area contributed by atoms with E-state index in [-0.39, 0.29) is 0 Å². The average molecular weight is 285 g/mol. The molecule has 1 unspecified atom stereocenters. The Morgan fingerprint density at radius 1 is 1.19 bits per heavy atom. The molecule has 5 nitrogen and oxygen atoms in total. The van der Waals surface area contributed by atoms with Gasteiger partial charge in [-0.1, -0.05) is 19.3 Å². The monoisotopic (exact) mass is 285 g/mol. The summed E-state index contributed by atoms with van der Waals surface area (Å²) in [5, 5.41) is 12.4. The molecule has 1 saturated carbocycles. The topological polar surface area (TPSA) is 69.6 Å². The quantitative estimate of drug-likeness (QED) is 0.878. The predicted molar refractivity (Wildman–Crippen MR) is 83.7 cm³/mol. The Labute approximate surface area is 125 Å². The number of rotatable bonds is 3. The molecule has 0 amide bonds. The molecule has 1 heterocycles. The Kier molecular flexibility index (Phi) is 3.90. The van der Waals surface area contributed by atoms with Gasteiger partial charge in [0.1, 0.15) is 0 Å². The van der Waals surface area contributed by atoms with Crippen molar-refractivity contribution in [3.05, 3.63) is 23.8 Å². The molecule has 3 rings (SSSR count). The summed E-state index contributed by atoms with van der Waals surface area (Å²) in [6.07, 6.45) is 6.56. The summed E-state index contributed by atoms with van der Waals surface area (Å²) in [6, 6.07) is 6.33. The summed E-state index contributed by atoms with van der Waals surface area (Å²) < 4.78 is 1.98. The van der Waals surface area contributed by atoms with Gasteiger partial charge in [0.2, 0.25) is 0 Å². The van der Waals surface area contributed by atoms with Gasteiger partial charge in [0.25, 0.3) is 0 Å². The maximum absolute atomic E-state index is 5.96. The molecule has 1 aromatic carbocycles. The third kappa shape index (κ3) is 2.91. The second-order valence-corrected chi connectivity index (χ2v) is 6.22. The number of hydrogen-bond acceptors (Lipinski definition) is 4. The summed E-state index contributed by atoms with van der Waals surface area (Å²) in [5.74, 6) is 1.49. The summed E-state index contributed by atoms with van der Waals surface area (Å²) in [7, 11) is 0. The van der Waals surface area contributed by atoms with Crippen molar-refractivity contribution in [1.82, 2.24) is 20.2 Å². The van der Waals surface area contributed by atoms with Gasteiger partial charge in [-0.05, 0) is 66.8 Å². The fourth-order valence-corrected chi connectivity index (χ4v) is 3.42. The molecule has 1 fully saturated rings. The van der Waals surface area contributed by atoms with Crippen molar-refractivity contribution in [1.29, 1.82) is 0 Å². The Hall–Kier alpha value is -1.91. The third-order valence-electron chi connectivity index (χ3n) is 4.57. The smallest absolute Gasteiger partial charge is 0.182 e. The fraction of sp³-hybridized carbons (Fsp3) is 0.562. The van der Waals surface area contributed by atoms with Crippen LogP contribution in [0.5, 0.6) is 0 Å². The van der Waals surface area contributed by atoms with E-state index in [0.717, 1.165) is 22.6 Å². The summed E-state index contributed by atoms with van der Waals surface area (Å²) >= 11 is 0. The number of tetrazole rings is 1. The number of nitrogen functional groups attached to an aromatic ring is 1. The highest BCUT2D eigenvalue weighted by Crippen LogP contribution is 2.34. The number of nitrogens with zero attached hydrogens (tertiary/aromatic N) is 4. The van der Waals surface area contributed by atoms with Gasteiger partial charge in [-0.15, -0.1) is 5.10 Å². The minimum atomic E-state index is 0.331. The molecule has 0 bridgehead atoms. The number of nitrogens with two attached hydrogens (primary N) is 1. The van der Waals surface area contributed by atoms with Crippen molar-refractivity contribution >= 4 is 5.69 Å². The third-order valence-corrected chi connectivity index (χ3v) is 4.57. The van der Waals surface area contributed by atoms with Gasteiger partial charge >= 0.3 is 0 Å². The lowest BCUT2D eigenvalue weighted by molar-refractivity contribution is 0.249. The normalized spacial score (nSPS) is 17.8. The van der Waals surface area contributed by atoms with Gasteiger partial charge < -0.3 is 5.73 Å². The molecule has 112 valence electrons. The summed E-state index contributed by atoms with van der Waals surface area (Å²) in [6.45, 7) is 4.27. The SMILES string of the molecule is Cc1cc(N)cc(-c2nnnn2C(C)C2CCCCC2)c1. The Balaban J connectivity index is 1.92. The van der Waals surface area contributed by atoms with Crippen LogP contribution in [0.4, 0.5) is 5.69 Å². The molecule has 0 aliphatic heterocycles. The molecule has 2 aromatic rings. The first-order valence-corrected chi connectivity index (χ1v) is 7.80. The molecule has 1 aliphatic carbocycles. The van der Waals surface area contributed by atoms with E-state index in [0.29, 0.717) is 12.0 Å². The zero-order chi connectivity index (χ0) is 14.8. The number of aromatic nitrogens is 4. The lowest BCUT2D eigenvalue weighted by Crippen LogP contribution is -2.21. The molecule has 0 saturated heterocycles. The molecule has 0 spiro atoms. The first-order valence-electron chi connectivity index (χ1n) is 7.80. The summed E-state index contributed by atoms with van der Waals surface area (Å²) in [4.78, 5) is 0. The van der Waals surface area contributed by atoms with Crippen LogP contribution in [0, 0.1) is 12.8 Å².